The van der Waals surface area contributed by atoms with Crippen LogP contribution in [0.1, 0.15) is 16.7 Å². The molecule has 0 bridgehead atoms. The van der Waals surface area contributed by atoms with E-state index < -0.39 is 5.97 Å². The summed E-state index contributed by atoms with van der Waals surface area (Å²) in [5.41, 5.74) is 1.97. The van der Waals surface area contributed by atoms with Crippen LogP contribution in [0.4, 0.5) is 4.39 Å². The molecule has 0 heterocycles. The molecule has 2 nitrogen and oxygen atoms in total. The molecule has 0 amide bonds. The molecule has 14 heavy (non-hydrogen) atoms. The van der Waals surface area contributed by atoms with Crippen molar-refractivity contribution in [3.05, 3.63) is 40.7 Å². The highest BCUT2D eigenvalue weighted by molar-refractivity contribution is 5.85. The second-order valence-corrected chi connectivity index (χ2v) is 3.13. The van der Waals surface area contributed by atoms with Gasteiger partial charge in [0.15, 0.2) is 0 Å². The average Bonchev–Trinajstić information content (AvgIpc) is 2.09. The summed E-state index contributed by atoms with van der Waals surface area (Å²) in [6.07, 6.45) is 2.50. The molecule has 0 aromatic heterocycles. The van der Waals surface area contributed by atoms with Crippen LogP contribution in [0.15, 0.2) is 18.2 Å². The Kier molecular flexibility index (Phi) is 3.02. The minimum atomic E-state index is -1.01. The molecule has 3 heteroatoms. The van der Waals surface area contributed by atoms with Gasteiger partial charge in [0.25, 0.3) is 0 Å². The normalized spacial score (nSPS) is 10.8. The van der Waals surface area contributed by atoms with Crippen molar-refractivity contribution in [1.29, 1.82) is 0 Å². The van der Waals surface area contributed by atoms with Crippen molar-refractivity contribution in [2.24, 2.45) is 0 Å². The number of aryl methyl sites for hydroxylation is 2. The van der Waals surface area contributed by atoms with E-state index in [4.69, 9.17) is 5.11 Å². The first-order chi connectivity index (χ1) is 6.50. The molecular weight excluding hydrogens is 183 g/mol. The van der Waals surface area contributed by atoms with Crippen LogP contribution in [-0.2, 0) is 4.79 Å². The molecule has 1 aromatic rings. The predicted molar refractivity (Wildman–Crippen MR) is 52.5 cm³/mol. The number of carboxylic acid groups (broad SMARTS) is 1. The lowest BCUT2D eigenvalue weighted by atomic mass is 10.0. The summed E-state index contributed by atoms with van der Waals surface area (Å²) in [6.45, 7) is 3.39. The first-order valence-electron chi connectivity index (χ1n) is 4.18. The molecule has 0 atom stereocenters. The van der Waals surface area contributed by atoms with Gasteiger partial charge in [0.05, 0.1) is 0 Å². The number of benzene rings is 1. The zero-order valence-electron chi connectivity index (χ0n) is 8.04. The lowest BCUT2D eigenvalue weighted by Gasteiger charge is -2.02. The molecule has 1 N–H and O–H groups in total. The molecule has 0 radical (unpaired) electrons. The summed E-state index contributed by atoms with van der Waals surface area (Å²) in [6, 6.07) is 3.03. The molecule has 1 rings (SSSR count). The molecule has 0 saturated heterocycles. The van der Waals surface area contributed by atoms with Gasteiger partial charge < -0.3 is 5.11 Å². The van der Waals surface area contributed by atoms with Gasteiger partial charge in [0.2, 0.25) is 0 Å². The van der Waals surface area contributed by atoms with Crippen LogP contribution in [0.25, 0.3) is 6.08 Å². The van der Waals surface area contributed by atoms with E-state index in [0.29, 0.717) is 5.56 Å². The highest BCUT2D eigenvalue weighted by Gasteiger charge is 2.01. The molecule has 0 unspecified atom stereocenters. The van der Waals surface area contributed by atoms with E-state index in [9.17, 15) is 9.18 Å². The zero-order valence-corrected chi connectivity index (χ0v) is 8.04. The van der Waals surface area contributed by atoms with Gasteiger partial charge in [-0.1, -0.05) is 0 Å². The number of carboxylic acids is 1. The van der Waals surface area contributed by atoms with Crippen molar-refractivity contribution < 1.29 is 14.3 Å². The summed E-state index contributed by atoms with van der Waals surface area (Å²) in [4.78, 5) is 10.3. The van der Waals surface area contributed by atoms with E-state index in [0.717, 1.165) is 17.2 Å². The second-order valence-electron chi connectivity index (χ2n) is 3.13. The zero-order chi connectivity index (χ0) is 10.7. The average molecular weight is 194 g/mol. The van der Waals surface area contributed by atoms with Crippen LogP contribution in [-0.4, -0.2) is 11.1 Å². The minimum Gasteiger partial charge on any atom is -0.478 e. The van der Waals surface area contributed by atoms with Crippen molar-refractivity contribution in [1.82, 2.24) is 0 Å². The van der Waals surface area contributed by atoms with E-state index in [1.165, 1.54) is 12.1 Å². The Bertz CT molecular complexity index is 395. The summed E-state index contributed by atoms with van der Waals surface area (Å²) in [5, 5.41) is 8.43. The van der Waals surface area contributed by atoms with E-state index in [2.05, 4.69) is 0 Å². The van der Waals surface area contributed by atoms with Gasteiger partial charge >= 0.3 is 5.97 Å². The molecule has 0 spiro atoms. The number of hydrogen-bond donors (Lipinski definition) is 1. The summed E-state index contributed by atoms with van der Waals surface area (Å²) in [7, 11) is 0. The van der Waals surface area contributed by atoms with E-state index in [1.54, 1.807) is 19.9 Å². The van der Waals surface area contributed by atoms with Gasteiger partial charge in [-0.3, -0.25) is 0 Å². The first-order valence-corrected chi connectivity index (χ1v) is 4.18. The molecule has 0 saturated carbocycles. The third kappa shape index (κ3) is 2.42. The SMILES string of the molecule is Cc1cc(/C=C/C(=O)O)c(C)cc1F. The van der Waals surface area contributed by atoms with Crippen LogP contribution in [0.2, 0.25) is 0 Å². The summed E-state index contributed by atoms with van der Waals surface area (Å²) < 4.78 is 13.0. The predicted octanol–water partition coefficient (Wildman–Crippen LogP) is 2.54. The van der Waals surface area contributed by atoms with Gasteiger partial charge in [-0.2, -0.15) is 0 Å². The highest BCUT2D eigenvalue weighted by atomic mass is 19.1. The molecular formula is C11H11FO2. The van der Waals surface area contributed by atoms with Crippen LogP contribution < -0.4 is 0 Å². The van der Waals surface area contributed by atoms with Crippen LogP contribution in [0, 0.1) is 19.7 Å². The summed E-state index contributed by atoms with van der Waals surface area (Å²) in [5.74, 6) is -1.28. The first kappa shape index (κ1) is 10.4. The topological polar surface area (TPSA) is 37.3 Å². The number of carbonyl (C=O) groups is 1. The van der Waals surface area contributed by atoms with Gasteiger partial charge in [-0.05, 0) is 48.7 Å². The fourth-order valence-corrected chi connectivity index (χ4v) is 1.14. The molecule has 0 aliphatic carbocycles. The second kappa shape index (κ2) is 4.05. The highest BCUT2D eigenvalue weighted by Crippen LogP contribution is 2.15. The Morgan fingerprint density at radius 1 is 1.36 bits per heavy atom. The largest absolute Gasteiger partial charge is 0.478 e. The lowest BCUT2D eigenvalue weighted by Crippen LogP contribution is -1.90. The monoisotopic (exact) mass is 194 g/mol. The third-order valence-corrected chi connectivity index (χ3v) is 1.95. The third-order valence-electron chi connectivity index (χ3n) is 1.95. The Labute approximate surface area is 81.7 Å². The van der Waals surface area contributed by atoms with E-state index >= 15 is 0 Å². The van der Waals surface area contributed by atoms with Gasteiger partial charge in [0.1, 0.15) is 5.82 Å². The molecule has 1 aromatic carbocycles. The van der Waals surface area contributed by atoms with Crippen molar-refractivity contribution in [2.75, 3.05) is 0 Å². The fraction of sp³-hybridized carbons (Fsp3) is 0.182. The maximum Gasteiger partial charge on any atom is 0.328 e. The van der Waals surface area contributed by atoms with Crippen molar-refractivity contribution in [3.63, 3.8) is 0 Å². The Morgan fingerprint density at radius 3 is 2.57 bits per heavy atom. The Hall–Kier alpha value is -1.64. The molecule has 0 fully saturated rings. The minimum absolute atomic E-state index is 0.269. The van der Waals surface area contributed by atoms with Crippen LogP contribution in [0.3, 0.4) is 0 Å². The fourth-order valence-electron chi connectivity index (χ4n) is 1.14. The van der Waals surface area contributed by atoms with Crippen LogP contribution in [0.5, 0.6) is 0 Å². The van der Waals surface area contributed by atoms with Gasteiger partial charge in [-0.15, -0.1) is 0 Å². The maximum absolute atomic E-state index is 13.0. The van der Waals surface area contributed by atoms with E-state index in [1.807, 2.05) is 0 Å². The Morgan fingerprint density at radius 2 is 2.00 bits per heavy atom. The van der Waals surface area contributed by atoms with Gasteiger partial charge in [-0.25, -0.2) is 9.18 Å². The molecule has 74 valence electrons. The number of halogens is 1. The lowest BCUT2D eigenvalue weighted by molar-refractivity contribution is -0.131. The number of aliphatic carboxylic acids is 1. The molecule has 0 aliphatic heterocycles. The van der Waals surface area contributed by atoms with Crippen molar-refractivity contribution in [3.8, 4) is 0 Å². The maximum atomic E-state index is 13.0. The number of rotatable bonds is 2. The standard InChI is InChI=1S/C11H11FO2/c1-7-6-10(12)8(2)5-9(7)3-4-11(13)14/h3-6H,1-2H3,(H,13,14)/b4-3+. The van der Waals surface area contributed by atoms with Gasteiger partial charge in [0, 0.05) is 6.08 Å². The van der Waals surface area contributed by atoms with Crippen molar-refractivity contribution in [2.45, 2.75) is 13.8 Å². The summed E-state index contributed by atoms with van der Waals surface area (Å²) >= 11 is 0. The van der Waals surface area contributed by atoms with E-state index in [-0.39, 0.29) is 5.82 Å². The quantitative estimate of drug-likeness (QED) is 0.734. The number of hydrogen-bond acceptors (Lipinski definition) is 1. The smallest absolute Gasteiger partial charge is 0.328 e. The van der Waals surface area contributed by atoms with Crippen LogP contribution >= 0.6 is 0 Å². The Balaban J connectivity index is 3.10. The van der Waals surface area contributed by atoms with Crippen molar-refractivity contribution >= 4 is 12.0 Å². The molecule has 0 aliphatic rings.